The summed E-state index contributed by atoms with van der Waals surface area (Å²) in [6.07, 6.45) is 0.257. The van der Waals surface area contributed by atoms with E-state index in [0.29, 0.717) is 22.6 Å². The maximum Gasteiger partial charge on any atom is 0.240 e. The van der Waals surface area contributed by atoms with E-state index in [2.05, 4.69) is 21.6 Å². The smallest absolute Gasteiger partial charge is 0.240 e. The van der Waals surface area contributed by atoms with Gasteiger partial charge in [-0.05, 0) is 43.7 Å². The van der Waals surface area contributed by atoms with Crippen LogP contribution in [0.4, 0.5) is 15.2 Å². The molecule has 0 aliphatic heterocycles. The lowest BCUT2D eigenvalue weighted by atomic mass is 10.2. The van der Waals surface area contributed by atoms with Gasteiger partial charge in [-0.15, -0.1) is 10.2 Å². The monoisotopic (exact) mass is 455 g/mol. The van der Waals surface area contributed by atoms with Crippen molar-refractivity contribution in [3.63, 3.8) is 0 Å². The fourth-order valence-corrected chi connectivity index (χ4v) is 4.74. The van der Waals surface area contributed by atoms with Crippen molar-refractivity contribution in [1.29, 1.82) is 5.26 Å². The molecule has 0 radical (unpaired) electrons. The molecular formula is C22H22FN5OS2. The molecule has 2 aromatic carbocycles. The van der Waals surface area contributed by atoms with Crippen LogP contribution in [0.2, 0.25) is 0 Å². The van der Waals surface area contributed by atoms with Crippen molar-refractivity contribution < 1.29 is 9.18 Å². The summed E-state index contributed by atoms with van der Waals surface area (Å²) in [5.41, 5.74) is 2.81. The first-order valence-electron chi connectivity index (χ1n) is 9.69. The average Bonchev–Trinajstić information content (AvgIpc) is 3.22. The zero-order chi connectivity index (χ0) is 22.2. The third-order valence-corrected chi connectivity index (χ3v) is 6.50. The van der Waals surface area contributed by atoms with Crippen molar-refractivity contribution in [2.24, 2.45) is 0 Å². The molecule has 6 nitrogen and oxygen atoms in total. The molecule has 3 aromatic rings. The van der Waals surface area contributed by atoms with Gasteiger partial charge in [-0.3, -0.25) is 4.79 Å². The zero-order valence-electron chi connectivity index (χ0n) is 17.2. The first-order chi connectivity index (χ1) is 15.0. The predicted octanol–water partition coefficient (Wildman–Crippen LogP) is 5.03. The van der Waals surface area contributed by atoms with Gasteiger partial charge in [0.15, 0.2) is 4.34 Å². The van der Waals surface area contributed by atoms with Crippen LogP contribution >= 0.6 is 23.1 Å². The van der Waals surface area contributed by atoms with E-state index >= 15 is 0 Å². The van der Waals surface area contributed by atoms with Crippen molar-refractivity contribution in [3.05, 3.63) is 65.5 Å². The lowest BCUT2D eigenvalue weighted by Gasteiger charge is -2.24. The Morgan fingerprint density at radius 3 is 2.61 bits per heavy atom. The average molecular weight is 456 g/mol. The molecule has 1 N–H and O–H groups in total. The van der Waals surface area contributed by atoms with Crippen LogP contribution in [0.25, 0.3) is 0 Å². The molecular weight excluding hydrogens is 433 g/mol. The van der Waals surface area contributed by atoms with Gasteiger partial charge >= 0.3 is 0 Å². The summed E-state index contributed by atoms with van der Waals surface area (Å²) in [5.74, 6) is -0.355. The predicted molar refractivity (Wildman–Crippen MR) is 123 cm³/mol. The topological polar surface area (TPSA) is 81.9 Å². The normalized spacial score (nSPS) is 11.5. The van der Waals surface area contributed by atoms with E-state index in [4.69, 9.17) is 5.26 Å². The fraction of sp³-hybridized carbons (Fsp3) is 0.273. The number of aryl methyl sites for hydroxylation is 1. The Bertz CT molecular complexity index is 1050. The molecule has 0 bridgehead atoms. The number of thioether (sulfide) groups is 1. The summed E-state index contributed by atoms with van der Waals surface area (Å²) in [6.45, 7) is 4.65. The van der Waals surface area contributed by atoms with E-state index in [0.717, 1.165) is 16.8 Å². The molecule has 9 heteroatoms. The second-order valence-corrected chi connectivity index (χ2v) is 9.41. The molecule has 1 atom stereocenters. The first-order valence-corrected chi connectivity index (χ1v) is 11.4. The van der Waals surface area contributed by atoms with E-state index in [9.17, 15) is 9.18 Å². The highest BCUT2D eigenvalue weighted by Gasteiger charge is 2.24. The Morgan fingerprint density at radius 1 is 1.23 bits per heavy atom. The molecule has 0 fully saturated rings. The van der Waals surface area contributed by atoms with Gasteiger partial charge in [0.1, 0.15) is 5.82 Å². The van der Waals surface area contributed by atoms with Gasteiger partial charge in [0, 0.05) is 18.8 Å². The molecule has 160 valence electrons. The van der Waals surface area contributed by atoms with E-state index in [1.165, 1.54) is 35.2 Å². The number of nitriles is 1. The number of aromatic nitrogens is 2. The molecule has 1 heterocycles. The second-order valence-electron chi connectivity index (χ2n) is 6.85. The summed E-state index contributed by atoms with van der Waals surface area (Å²) < 4.78 is 13.7. The van der Waals surface area contributed by atoms with Crippen LogP contribution < -0.4 is 10.2 Å². The highest BCUT2D eigenvalue weighted by molar-refractivity contribution is 8.02. The third kappa shape index (κ3) is 6.51. The second kappa shape index (κ2) is 10.9. The Morgan fingerprint density at radius 2 is 1.94 bits per heavy atom. The van der Waals surface area contributed by atoms with Gasteiger partial charge in [-0.25, -0.2) is 4.39 Å². The van der Waals surface area contributed by atoms with Crippen LogP contribution in [0, 0.1) is 24.1 Å². The fourth-order valence-electron chi connectivity index (χ4n) is 2.78. The van der Waals surface area contributed by atoms with Crippen molar-refractivity contribution in [3.8, 4) is 6.07 Å². The van der Waals surface area contributed by atoms with E-state index in [1.54, 1.807) is 17.0 Å². The molecule has 0 aliphatic rings. The number of hydrogen-bond acceptors (Lipinski definition) is 7. The number of rotatable bonds is 9. The number of halogens is 1. The van der Waals surface area contributed by atoms with Gasteiger partial charge in [0.25, 0.3) is 0 Å². The van der Waals surface area contributed by atoms with Gasteiger partial charge in [-0.1, -0.05) is 52.9 Å². The van der Waals surface area contributed by atoms with Gasteiger partial charge in [0.05, 0.1) is 17.7 Å². The van der Waals surface area contributed by atoms with Crippen LogP contribution in [0.1, 0.15) is 24.5 Å². The number of amides is 1. The number of nitrogens with one attached hydrogen (secondary N) is 1. The number of nitrogens with zero attached hydrogens (tertiary/aromatic N) is 4. The van der Waals surface area contributed by atoms with Crippen LogP contribution in [0.5, 0.6) is 0 Å². The molecule has 0 saturated carbocycles. The van der Waals surface area contributed by atoms with Gasteiger partial charge in [0.2, 0.25) is 11.0 Å². The largest absolute Gasteiger partial charge is 0.356 e. The SMILES string of the molecule is Cc1ccc(N(CCC#N)C(=O)C(C)Sc2nnc(NCc3ccc(F)cc3)s2)cc1. The van der Waals surface area contributed by atoms with Crippen LogP contribution in [-0.2, 0) is 11.3 Å². The number of hydrogen-bond donors (Lipinski definition) is 1. The molecule has 31 heavy (non-hydrogen) atoms. The molecule has 1 unspecified atom stereocenters. The number of carbonyl (C=O) groups is 1. The molecule has 1 amide bonds. The minimum Gasteiger partial charge on any atom is -0.356 e. The lowest BCUT2D eigenvalue weighted by Crippen LogP contribution is -2.37. The highest BCUT2D eigenvalue weighted by Crippen LogP contribution is 2.31. The summed E-state index contributed by atoms with van der Waals surface area (Å²) in [6, 6.07) is 16.0. The Labute approximate surface area is 189 Å². The number of anilines is 2. The quantitative estimate of drug-likeness (QED) is 0.456. The number of benzene rings is 2. The highest BCUT2D eigenvalue weighted by atomic mass is 32.2. The maximum absolute atomic E-state index is 13.1. The van der Waals surface area contributed by atoms with E-state index in [1.807, 2.05) is 38.1 Å². The van der Waals surface area contributed by atoms with Crippen LogP contribution in [0.15, 0.2) is 52.9 Å². The van der Waals surface area contributed by atoms with E-state index in [-0.39, 0.29) is 18.1 Å². The van der Waals surface area contributed by atoms with Crippen LogP contribution in [-0.4, -0.2) is 27.9 Å². The van der Waals surface area contributed by atoms with Crippen molar-refractivity contribution >= 4 is 39.8 Å². The minimum absolute atomic E-state index is 0.0832. The van der Waals surface area contributed by atoms with Crippen LogP contribution in [0.3, 0.4) is 0 Å². The van der Waals surface area contributed by atoms with Gasteiger partial charge in [-0.2, -0.15) is 5.26 Å². The number of carbonyl (C=O) groups excluding carboxylic acids is 1. The summed E-state index contributed by atoms with van der Waals surface area (Å²) >= 11 is 2.70. The summed E-state index contributed by atoms with van der Waals surface area (Å²) in [4.78, 5) is 14.7. The van der Waals surface area contributed by atoms with Crippen molar-refractivity contribution in [1.82, 2.24) is 10.2 Å². The molecule has 0 saturated heterocycles. The van der Waals surface area contributed by atoms with Gasteiger partial charge < -0.3 is 10.2 Å². The maximum atomic E-state index is 13.1. The summed E-state index contributed by atoms with van der Waals surface area (Å²) in [5, 5.41) is 20.7. The zero-order valence-corrected chi connectivity index (χ0v) is 18.8. The van der Waals surface area contributed by atoms with Crippen molar-refractivity contribution in [2.45, 2.75) is 36.4 Å². The molecule has 0 aliphatic carbocycles. The van der Waals surface area contributed by atoms with E-state index < -0.39 is 5.25 Å². The molecule has 3 rings (SSSR count). The summed E-state index contributed by atoms with van der Waals surface area (Å²) in [7, 11) is 0. The van der Waals surface area contributed by atoms with Crippen molar-refractivity contribution in [2.75, 3.05) is 16.8 Å². The standard InChI is InChI=1S/C22H22FN5OS2/c1-15-4-10-19(11-5-15)28(13-3-12-24)20(29)16(2)30-22-27-26-21(31-22)25-14-17-6-8-18(23)9-7-17/h4-11,16H,3,13-14H2,1-2H3,(H,25,26). The lowest BCUT2D eigenvalue weighted by molar-refractivity contribution is -0.117. The molecule has 1 aromatic heterocycles. The Kier molecular flexibility index (Phi) is 7.98. The molecule has 0 spiro atoms. The Balaban J connectivity index is 1.61. The third-order valence-electron chi connectivity index (χ3n) is 4.45. The first kappa shape index (κ1) is 22.7. The Hall–Kier alpha value is -2.96. The minimum atomic E-state index is -0.391.